The molecule has 0 amide bonds. The zero-order chi connectivity index (χ0) is 8.28. The van der Waals surface area contributed by atoms with Gasteiger partial charge in [-0.3, -0.25) is 0 Å². The van der Waals surface area contributed by atoms with Crippen LogP contribution in [0.15, 0.2) is 0 Å². The van der Waals surface area contributed by atoms with Crippen LogP contribution in [-0.4, -0.2) is 7.35 Å². The molecule has 2 rings (SSSR count). The topological polar surface area (TPSA) is 0 Å². The first-order valence-electron chi connectivity index (χ1n) is 4.30. The normalized spacial score (nSPS) is 53.5. The van der Waals surface area contributed by atoms with Crippen molar-refractivity contribution in [2.24, 2.45) is 11.3 Å². The molecule has 2 aliphatic carbocycles. The zero-order valence-corrected chi connectivity index (χ0v) is 11.3. The molecule has 3 atom stereocenters. The summed E-state index contributed by atoms with van der Waals surface area (Å²) in [7, 11) is 0. The van der Waals surface area contributed by atoms with E-state index in [-0.39, 0.29) is 0 Å². The lowest BCUT2D eigenvalue weighted by atomic mass is 9.77. The highest BCUT2D eigenvalue weighted by Crippen LogP contribution is 2.64. The minimum Gasteiger partial charge on any atom is -0.0806 e. The fourth-order valence-electron chi connectivity index (χ4n) is 2.77. The van der Waals surface area contributed by atoms with E-state index in [2.05, 4.69) is 59.0 Å². The first kappa shape index (κ1) is 9.03. The lowest BCUT2D eigenvalue weighted by Gasteiger charge is -2.38. The number of alkyl halides is 2. The third-order valence-corrected chi connectivity index (χ3v) is 9.25. The van der Waals surface area contributed by atoms with Crippen molar-refractivity contribution in [3.05, 3.63) is 0 Å². The third-order valence-electron chi connectivity index (χ3n) is 3.65. The van der Waals surface area contributed by atoms with Crippen molar-refractivity contribution in [1.82, 2.24) is 0 Å². The van der Waals surface area contributed by atoms with Crippen LogP contribution in [0.3, 0.4) is 0 Å². The van der Waals surface area contributed by atoms with E-state index in [0.717, 1.165) is 9.84 Å². The summed E-state index contributed by atoms with van der Waals surface area (Å²) in [6.07, 6.45) is 4.43. The van der Waals surface area contributed by atoms with Gasteiger partial charge in [-0.1, -0.05) is 59.0 Å². The Morgan fingerprint density at radius 1 is 1.36 bits per heavy atom. The largest absolute Gasteiger partial charge is 0.0806 e. The van der Waals surface area contributed by atoms with Gasteiger partial charge in [0.05, 0.1) is 0 Å². The molecule has 0 heterocycles. The smallest absolute Gasteiger partial charge is 0.0348 e. The van der Waals surface area contributed by atoms with Crippen molar-refractivity contribution < 1.29 is 0 Å². The van der Waals surface area contributed by atoms with Crippen LogP contribution in [0.4, 0.5) is 0 Å². The molecule has 2 saturated carbocycles. The van der Waals surface area contributed by atoms with Gasteiger partial charge in [-0.25, -0.2) is 0 Å². The maximum absolute atomic E-state index is 2.71. The van der Waals surface area contributed by atoms with Crippen molar-refractivity contribution in [3.8, 4) is 0 Å². The van der Waals surface area contributed by atoms with Crippen LogP contribution in [0.5, 0.6) is 0 Å². The van der Waals surface area contributed by atoms with Crippen molar-refractivity contribution in [2.75, 3.05) is 0 Å². The van der Waals surface area contributed by atoms with Crippen molar-refractivity contribution >= 4 is 45.2 Å². The lowest BCUT2D eigenvalue weighted by Crippen LogP contribution is -2.37. The Balaban J connectivity index is 2.34. The second-order valence-electron chi connectivity index (χ2n) is 4.66. The molecule has 0 unspecified atom stereocenters. The molecule has 0 aliphatic heterocycles. The van der Waals surface area contributed by atoms with E-state index in [1.807, 2.05) is 0 Å². The van der Waals surface area contributed by atoms with E-state index in [1.165, 1.54) is 19.3 Å². The lowest BCUT2D eigenvalue weighted by molar-refractivity contribution is 0.242. The predicted octanol–water partition coefficient (Wildman–Crippen LogP) is 3.80. The highest BCUT2D eigenvalue weighted by Gasteiger charge is 2.59. The Bertz CT molecular complexity index is 183. The minimum atomic E-state index is 0.611. The maximum atomic E-state index is 2.71. The van der Waals surface area contributed by atoms with Gasteiger partial charge in [0.2, 0.25) is 0 Å². The summed E-state index contributed by atoms with van der Waals surface area (Å²) < 4.78 is 1.55. The van der Waals surface area contributed by atoms with Gasteiger partial charge in [-0.2, -0.15) is 0 Å². The molecular formula is C9H14I2. The van der Waals surface area contributed by atoms with E-state index in [4.69, 9.17) is 0 Å². The summed E-state index contributed by atoms with van der Waals surface area (Å²) in [5.74, 6) is 1.02. The average molecular weight is 376 g/mol. The molecule has 2 fully saturated rings. The molecule has 0 aromatic rings. The molecule has 2 heteroatoms. The molecule has 11 heavy (non-hydrogen) atoms. The van der Waals surface area contributed by atoms with Gasteiger partial charge in [0, 0.05) is 7.35 Å². The second-order valence-corrected chi connectivity index (χ2v) is 8.05. The molecule has 0 N–H and O–H groups in total. The van der Waals surface area contributed by atoms with Crippen LogP contribution in [0.1, 0.15) is 33.1 Å². The Labute approximate surface area is 96.2 Å². The standard InChI is InChI=1S/C9H14I2/c1-8(2)6-3-4-9(11,5-6)7(8)10/h6-7H,3-5H2,1-2H3/t6-,7+,9-/m0/s1. The molecule has 2 aliphatic rings. The van der Waals surface area contributed by atoms with Gasteiger partial charge >= 0.3 is 0 Å². The van der Waals surface area contributed by atoms with E-state index in [1.54, 1.807) is 0 Å². The summed E-state index contributed by atoms with van der Waals surface area (Å²) in [5.41, 5.74) is 0.611. The summed E-state index contributed by atoms with van der Waals surface area (Å²) in [6, 6.07) is 0. The number of hydrogen-bond acceptors (Lipinski definition) is 0. The molecule has 0 aromatic heterocycles. The van der Waals surface area contributed by atoms with Crippen LogP contribution in [-0.2, 0) is 0 Å². The van der Waals surface area contributed by atoms with Crippen molar-refractivity contribution in [1.29, 1.82) is 0 Å². The summed E-state index contributed by atoms with van der Waals surface area (Å²) in [4.78, 5) is 0. The van der Waals surface area contributed by atoms with Crippen LogP contribution in [0.2, 0.25) is 0 Å². The van der Waals surface area contributed by atoms with E-state index >= 15 is 0 Å². The van der Waals surface area contributed by atoms with Gasteiger partial charge in [0.25, 0.3) is 0 Å². The first-order valence-corrected chi connectivity index (χ1v) is 6.62. The monoisotopic (exact) mass is 376 g/mol. The molecule has 0 saturated heterocycles. The molecule has 2 bridgehead atoms. The molecule has 0 aromatic carbocycles. The van der Waals surface area contributed by atoms with E-state index < -0.39 is 0 Å². The van der Waals surface area contributed by atoms with Crippen molar-refractivity contribution in [2.45, 2.75) is 40.5 Å². The first-order chi connectivity index (χ1) is 4.97. The quantitative estimate of drug-likeness (QED) is 0.446. The molecule has 0 radical (unpaired) electrons. The number of halogens is 2. The highest BCUT2D eigenvalue weighted by atomic mass is 127. The SMILES string of the molecule is CC1(C)[C@H]2CC[C@](I)(C2)[C@@H]1I. The number of fused-ring (bicyclic) bond motifs is 2. The molecule has 0 spiro atoms. The highest BCUT2D eigenvalue weighted by molar-refractivity contribution is 14.1. The van der Waals surface area contributed by atoms with Crippen LogP contribution in [0.25, 0.3) is 0 Å². The molecular weight excluding hydrogens is 362 g/mol. The van der Waals surface area contributed by atoms with E-state index in [0.29, 0.717) is 8.84 Å². The zero-order valence-electron chi connectivity index (χ0n) is 7.03. The van der Waals surface area contributed by atoms with Gasteiger partial charge in [-0.15, -0.1) is 0 Å². The van der Waals surface area contributed by atoms with Gasteiger partial charge in [0.15, 0.2) is 0 Å². The molecule has 64 valence electrons. The Hall–Kier alpha value is 1.46. The Morgan fingerprint density at radius 3 is 2.27 bits per heavy atom. The fourth-order valence-corrected chi connectivity index (χ4v) is 5.49. The maximum Gasteiger partial charge on any atom is 0.0348 e. The van der Waals surface area contributed by atoms with Crippen LogP contribution in [0, 0.1) is 11.3 Å². The summed E-state index contributed by atoms with van der Waals surface area (Å²) in [5, 5.41) is 0. The summed E-state index contributed by atoms with van der Waals surface area (Å²) in [6.45, 7) is 4.91. The van der Waals surface area contributed by atoms with Crippen LogP contribution >= 0.6 is 45.2 Å². The third kappa shape index (κ3) is 1.11. The minimum absolute atomic E-state index is 0.611. The Morgan fingerprint density at radius 2 is 2.00 bits per heavy atom. The van der Waals surface area contributed by atoms with Gasteiger partial charge < -0.3 is 0 Å². The molecule has 0 nitrogen and oxygen atoms in total. The number of hydrogen-bond donors (Lipinski definition) is 0. The predicted molar refractivity (Wildman–Crippen MR) is 65.7 cm³/mol. The fraction of sp³-hybridized carbons (Fsp3) is 1.00. The number of rotatable bonds is 0. The van der Waals surface area contributed by atoms with Crippen molar-refractivity contribution in [3.63, 3.8) is 0 Å². The average Bonchev–Trinajstić information content (AvgIpc) is 2.36. The second kappa shape index (κ2) is 2.49. The summed E-state index contributed by atoms with van der Waals surface area (Å²) >= 11 is 5.39. The van der Waals surface area contributed by atoms with Gasteiger partial charge in [-0.05, 0) is 30.6 Å². The van der Waals surface area contributed by atoms with Crippen LogP contribution < -0.4 is 0 Å². The Kier molecular flexibility index (Phi) is 2.04. The van der Waals surface area contributed by atoms with Gasteiger partial charge in [0.1, 0.15) is 0 Å². The van der Waals surface area contributed by atoms with E-state index in [9.17, 15) is 0 Å².